The van der Waals surface area contributed by atoms with E-state index < -0.39 is 0 Å². The van der Waals surface area contributed by atoms with Gasteiger partial charge >= 0.3 is 6.09 Å². The number of amides is 2. The molecule has 0 bridgehead atoms. The Balaban J connectivity index is 1.85. The Bertz CT molecular complexity index is 518. The molecule has 0 aliphatic carbocycles. The van der Waals surface area contributed by atoms with E-state index in [9.17, 15) is 9.59 Å². The highest BCUT2D eigenvalue weighted by molar-refractivity contribution is 5.93. The molecule has 0 spiro atoms. The zero-order valence-electron chi connectivity index (χ0n) is 12.8. The van der Waals surface area contributed by atoms with E-state index in [2.05, 4.69) is 10.4 Å². The minimum Gasteiger partial charge on any atom is -0.450 e. The number of rotatable bonds is 3. The van der Waals surface area contributed by atoms with Crippen LogP contribution < -0.4 is 5.32 Å². The maximum atomic E-state index is 12.2. The molecule has 0 unspecified atom stereocenters. The van der Waals surface area contributed by atoms with Crippen molar-refractivity contribution in [2.75, 3.05) is 19.7 Å². The highest BCUT2D eigenvalue weighted by atomic mass is 16.6. The van der Waals surface area contributed by atoms with Gasteiger partial charge in [-0.1, -0.05) is 0 Å². The lowest BCUT2D eigenvalue weighted by Crippen LogP contribution is -2.46. The molecule has 21 heavy (non-hydrogen) atoms. The predicted octanol–water partition coefficient (Wildman–Crippen LogP) is 1.08. The molecule has 2 heterocycles. The van der Waals surface area contributed by atoms with Crippen molar-refractivity contribution in [3.63, 3.8) is 0 Å². The van der Waals surface area contributed by atoms with E-state index in [0.717, 1.165) is 18.4 Å². The van der Waals surface area contributed by atoms with Gasteiger partial charge in [0.25, 0.3) is 5.91 Å². The highest BCUT2D eigenvalue weighted by Crippen LogP contribution is 2.13. The van der Waals surface area contributed by atoms with Crippen molar-refractivity contribution in [1.29, 1.82) is 0 Å². The zero-order valence-corrected chi connectivity index (χ0v) is 12.8. The van der Waals surface area contributed by atoms with Crippen LogP contribution in [0, 0.1) is 6.92 Å². The highest BCUT2D eigenvalue weighted by Gasteiger charge is 2.25. The minimum atomic E-state index is -0.275. The first kappa shape index (κ1) is 15.3. The fraction of sp³-hybridized carbons (Fsp3) is 0.643. The van der Waals surface area contributed by atoms with Crippen LogP contribution in [-0.2, 0) is 11.8 Å². The van der Waals surface area contributed by atoms with Crippen molar-refractivity contribution in [2.45, 2.75) is 32.7 Å². The van der Waals surface area contributed by atoms with Crippen molar-refractivity contribution in [1.82, 2.24) is 20.0 Å². The molecule has 0 aromatic carbocycles. The van der Waals surface area contributed by atoms with Gasteiger partial charge in [0.05, 0.1) is 6.61 Å². The molecule has 0 atom stereocenters. The quantitative estimate of drug-likeness (QED) is 0.905. The Kier molecular flexibility index (Phi) is 4.82. The average Bonchev–Trinajstić information content (AvgIpc) is 2.79. The molecule has 1 aromatic rings. The van der Waals surface area contributed by atoms with E-state index in [1.807, 2.05) is 13.1 Å². The molecule has 1 aromatic heterocycles. The zero-order chi connectivity index (χ0) is 15.4. The van der Waals surface area contributed by atoms with Gasteiger partial charge in [-0.2, -0.15) is 5.10 Å². The summed E-state index contributed by atoms with van der Waals surface area (Å²) in [6, 6.07) is 0.0737. The van der Waals surface area contributed by atoms with Gasteiger partial charge < -0.3 is 15.0 Å². The van der Waals surface area contributed by atoms with Crippen molar-refractivity contribution < 1.29 is 14.3 Å². The second-order valence-corrected chi connectivity index (χ2v) is 5.27. The molecule has 2 amide bonds. The third-order valence-electron chi connectivity index (χ3n) is 3.58. The summed E-state index contributed by atoms with van der Waals surface area (Å²) in [6.07, 6.45) is 3.01. The van der Waals surface area contributed by atoms with Gasteiger partial charge in [0, 0.05) is 37.9 Å². The molecular weight excluding hydrogens is 272 g/mol. The van der Waals surface area contributed by atoms with Gasteiger partial charge in [-0.3, -0.25) is 9.48 Å². The number of aryl methyl sites for hydroxylation is 2. The summed E-state index contributed by atoms with van der Waals surface area (Å²) >= 11 is 0. The summed E-state index contributed by atoms with van der Waals surface area (Å²) in [5.41, 5.74) is 1.32. The van der Waals surface area contributed by atoms with Crippen molar-refractivity contribution in [3.8, 4) is 0 Å². The van der Waals surface area contributed by atoms with Crippen molar-refractivity contribution >= 4 is 12.0 Å². The van der Waals surface area contributed by atoms with Crippen LogP contribution in [0.1, 0.15) is 35.8 Å². The number of piperidine rings is 1. The maximum absolute atomic E-state index is 12.2. The van der Waals surface area contributed by atoms with Gasteiger partial charge in [-0.05, 0) is 26.7 Å². The number of hydrogen-bond donors (Lipinski definition) is 1. The lowest BCUT2D eigenvalue weighted by Gasteiger charge is -2.31. The molecule has 116 valence electrons. The van der Waals surface area contributed by atoms with Crippen molar-refractivity contribution in [3.05, 3.63) is 17.5 Å². The van der Waals surface area contributed by atoms with Crippen LogP contribution in [0.15, 0.2) is 6.20 Å². The van der Waals surface area contributed by atoms with E-state index in [1.165, 1.54) is 0 Å². The Morgan fingerprint density at radius 1 is 1.43 bits per heavy atom. The fourth-order valence-corrected chi connectivity index (χ4v) is 2.51. The van der Waals surface area contributed by atoms with E-state index in [4.69, 9.17) is 4.74 Å². The fourth-order valence-electron chi connectivity index (χ4n) is 2.51. The summed E-state index contributed by atoms with van der Waals surface area (Å²) in [4.78, 5) is 25.5. The number of carbonyl (C=O) groups excluding carboxylic acids is 2. The summed E-state index contributed by atoms with van der Waals surface area (Å²) in [6.45, 7) is 5.25. The lowest BCUT2D eigenvalue weighted by atomic mass is 10.1. The van der Waals surface area contributed by atoms with E-state index >= 15 is 0 Å². The van der Waals surface area contributed by atoms with Crippen LogP contribution in [0.2, 0.25) is 0 Å². The molecule has 0 saturated carbocycles. The number of ether oxygens (including phenoxy) is 1. The smallest absolute Gasteiger partial charge is 0.409 e. The average molecular weight is 294 g/mol. The Hall–Kier alpha value is -2.05. The number of nitrogens with one attached hydrogen (secondary N) is 1. The Labute approximate surface area is 124 Å². The summed E-state index contributed by atoms with van der Waals surface area (Å²) < 4.78 is 6.60. The molecule has 7 heteroatoms. The topological polar surface area (TPSA) is 76.5 Å². The molecule has 2 rings (SSSR count). The number of aromatic nitrogens is 2. The van der Waals surface area contributed by atoms with Crippen LogP contribution in [-0.4, -0.2) is 52.4 Å². The number of likely N-dealkylation sites (tertiary alicyclic amines) is 1. The van der Waals surface area contributed by atoms with E-state index in [1.54, 1.807) is 23.6 Å². The molecular formula is C14H22N4O3. The van der Waals surface area contributed by atoms with Crippen LogP contribution in [0.4, 0.5) is 4.79 Å². The predicted molar refractivity (Wildman–Crippen MR) is 77.0 cm³/mol. The first-order chi connectivity index (χ1) is 10.0. The first-order valence-electron chi connectivity index (χ1n) is 7.24. The van der Waals surface area contributed by atoms with E-state index in [0.29, 0.717) is 25.4 Å². The number of hydrogen-bond acceptors (Lipinski definition) is 4. The first-order valence-corrected chi connectivity index (χ1v) is 7.24. The Morgan fingerprint density at radius 3 is 2.62 bits per heavy atom. The molecule has 1 N–H and O–H groups in total. The standard InChI is InChI=1S/C14H22N4O3/c1-4-21-14(20)18-7-5-11(6-8-18)15-13(19)12-10(2)9-17(3)16-12/h9,11H,4-8H2,1-3H3,(H,15,19). The molecule has 1 aliphatic rings. The summed E-state index contributed by atoms with van der Waals surface area (Å²) in [7, 11) is 1.79. The van der Waals surface area contributed by atoms with Crippen LogP contribution in [0.5, 0.6) is 0 Å². The number of carbonyl (C=O) groups is 2. The number of nitrogens with zero attached hydrogens (tertiary/aromatic N) is 3. The minimum absolute atomic E-state index is 0.0737. The SMILES string of the molecule is CCOC(=O)N1CCC(NC(=O)c2nn(C)cc2C)CC1. The van der Waals surface area contributed by atoms with Gasteiger partial charge in [0.15, 0.2) is 5.69 Å². The maximum Gasteiger partial charge on any atom is 0.409 e. The summed E-state index contributed by atoms with van der Waals surface area (Å²) in [5.74, 6) is -0.150. The van der Waals surface area contributed by atoms with Crippen molar-refractivity contribution in [2.24, 2.45) is 7.05 Å². The molecule has 1 fully saturated rings. The molecule has 1 saturated heterocycles. The second kappa shape index (κ2) is 6.60. The van der Waals surface area contributed by atoms with Gasteiger partial charge in [-0.25, -0.2) is 4.79 Å². The third-order valence-corrected chi connectivity index (χ3v) is 3.58. The normalized spacial score (nSPS) is 15.9. The lowest BCUT2D eigenvalue weighted by molar-refractivity contribution is 0.0856. The molecule has 7 nitrogen and oxygen atoms in total. The van der Waals surface area contributed by atoms with Crippen LogP contribution in [0.25, 0.3) is 0 Å². The second-order valence-electron chi connectivity index (χ2n) is 5.27. The third kappa shape index (κ3) is 3.74. The largest absolute Gasteiger partial charge is 0.450 e. The Morgan fingerprint density at radius 2 is 2.10 bits per heavy atom. The summed E-state index contributed by atoms with van der Waals surface area (Å²) in [5, 5.41) is 7.15. The van der Waals surface area contributed by atoms with E-state index in [-0.39, 0.29) is 18.0 Å². The molecule has 1 aliphatic heterocycles. The van der Waals surface area contributed by atoms with Crippen LogP contribution >= 0.6 is 0 Å². The van der Waals surface area contributed by atoms with Gasteiger partial charge in [-0.15, -0.1) is 0 Å². The monoisotopic (exact) mass is 294 g/mol. The van der Waals surface area contributed by atoms with Gasteiger partial charge in [0.1, 0.15) is 0 Å². The van der Waals surface area contributed by atoms with Crippen LogP contribution in [0.3, 0.4) is 0 Å². The van der Waals surface area contributed by atoms with Gasteiger partial charge in [0.2, 0.25) is 0 Å². The molecule has 0 radical (unpaired) electrons.